The Morgan fingerprint density at radius 1 is 1.41 bits per heavy atom. The first-order valence-corrected chi connectivity index (χ1v) is 6.76. The van der Waals surface area contributed by atoms with Crippen LogP contribution in [0, 0.1) is 11.3 Å². The number of amides is 1. The molecule has 0 aliphatic heterocycles. The van der Waals surface area contributed by atoms with Crippen molar-refractivity contribution < 1.29 is 4.79 Å². The van der Waals surface area contributed by atoms with Crippen LogP contribution in [0.3, 0.4) is 0 Å². The Morgan fingerprint density at radius 2 is 2.00 bits per heavy atom. The molecule has 1 aliphatic carbocycles. The normalized spacial score (nSPS) is 18.2. The molecule has 1 unspecified atom stereocenters. The van der Waals surface area contributed by atoms with Gasteiger partial charge in [-0.05, 0) is 44.6 Å². The minimum absolute atomic E-state index is 0.157. The van der Waals surface area contributed by atoms with Crippen LogP contribution in [-0.2, 0) is 4.79 Å². The lowest BCUT2D eigenvalue weighted by Gasteiger charge is -2.24. The fraction of sp³-hybridized carbons (Fsp3) is 0.929. The van der Waals surface area contributed by atoms with Crippen molar-refractivity contribution in [3.63, 3.8) is 0 Å². The Morgan fingerprint density at radius 3 is 2.47 bits per heavy atom. The van der Waals surface area contributed by atoms with Crippen molar-refractivity contribution in [3.05, 3.63) is 0 Å². The smallest absolute Gasteiger partial charge is 0.234 e. The van der Waals surface area contributed by atoms with Gasteiger partial charge < -0.3 is 5.32 Å². The molecule has 1 rings (SSSR count). The molecular weight excluding hydrogens is 212 g/mol. The van der Waals surface area contributed by atoms with Gasteiger partial charge in [0.05, 0.1) is 6.54 Å². The minimum Gasteiger partial charge on any atom is -0.355 e. The molecule has 0 aromatic rings. The highest BCUT2D eigenvalue weighted by Gasteiger charge is 2.30. The van der Waals surface area contributed by atoms with Crippen molar-refractivity contribution in [1.82, 2.24) is 10.2 Å². The maximum absolute atomic E-state index is 11.7. The molecule has 1 atom stereocenters. The number of carbonyl (C=O) groups is 1. The summed E-state index contributed by atoms with van der Waals surface area (Å²) in [5.74, 6) is 0.978. The van der Waals surface area contributed by atoms with Crippen LogP contribution in [0.2, 0.25) is 0 Å². The molecule has 0 bridgehead atoms. The molecule has 3 nitrogen and oxygen atoms in total. The van der Waals surface area contributed by atoms with Crippen LogP contribution in [0.15, 0.2) is 0 Å². The minimum atomic E-state index is 0.157. The van der Waals surface area contributed by atoms with E-state index in [9.17, 15) is 4.79 Å². The zero-order chi connectivity index (χ0) is 13.1. The van der Waals surface area contributed by atoms with E-state index in [-0.39, 0.29) is 5.91 Å². The predicted octanol–water partition coefficient (Wildman–Crippen LogP) is 2.27. The van der Waals surface area contributed by atoms with Crippen molar-refractivity contribution in [3.8, 4) is 0 Å². The zero-order valence-corrected chi connectivity index (χ0v) is 12.0. The lowest BCUT2D eigenvalue weighted by molar-refractivity contribution is -0.122. The molecule has 3 heteroatoms. The molecule has 17 heavy (non-hydrogen) atoms. The van der Waals surface area contributed by atoms with Gasteiger partial charge in [0.2, 0.25) is 5.91 Å². The molecule has 0 radical (unpaired) electrons. The van der Waals surface area contributed by atoms with Gasteiger partial charge in [-0.25, -0.2) is 0 Å². The summed E-state index contributed by atoms with van der Waals surface area (Å²) in [6.07, 6.45) is 3.69. The van der Waals surface area contributed by atoms with Crippen LogP contribution in [0.25, 0.3) is 0 Å². The molecule has 1 saturated carbocycles. The van der Waals surface area contributed by atoms with Gasteiger partial charge in [0.1, 0.15) is 0 Å². The van der Waals surface area contributed by atoms with Crippen molar-refractivity contribution in [2.45, 2.75) is 53.0 Å². The van der Waals surface area contributed by atoms with Gasteiger partial charge in [-0.15, -0.1) is 0 Å². The Hall–Kier alpha value is -0.570. The number of carbonyl (C=O) groups excluding carboxylic acids is 1. The van der Waals surface area contributed by atoms with E-state index in [4.69, 9.17) is 0 Å². The summed E-state index contributed by atoms with van der Waals surface area (Å²) in [5, 5.41) is 3.00. The van der Waals surface area contributed by atoms with E-state index in [2.05, 4.69) is 37.9 Å². The molecule has 0 aromatic carbocycles. The number of hydrogen-bond donors (Lipinski definition) is 1. The van der Waals surface area contributed by atoms with Gasteiger partial charge in [0.25, 0.3) is 0 Å². The van der Waals surface area contributed by atoms with Gasteiger partial charge in [-0.2, -0.15) is 0 Å². The summed E-state index contributed by atoms with van der Waals surface area (Å²) < 4.78 is 0. The highest BCUT2D eigenvalue weighted by atomic mass is 16.2. The van der Waals surface area contributed by atoms with Gasteiger partial charge in [0, 0.05) is 12.6 Å². The maximum Gasteiger partial charge on any atom is 0.234 e. The lowest BCUT2D eigenvalue weighted by atomic mass is 9.92. The molecule has 0 heterocycles. The largest absolute Gasteiger partial charge is 0.355 e. The fourth-order valence-corrected chi connectivity index (χ4v) is 1.94. The average molecular weight is 240 g/mol. The summed E-state index contributed by atoms with van der Waals surface area (Å²) in [5.41, 5.74) is 0.292. The third-order valence-electron chi connectivity index (χ3n) is 3.59. The summed E-state index contributed by atoms with van der Waals surface area (Å²) in [6.45, 7) is 10.1. The number of hydrogen-bond acceptors (Lipinski definition) is 2. The van der Waals surface area contributed by atoms with Crippen molar-refractivity contribution in [1.29, 1.82) is 0 Å². The molecule has 1 aliphatic rings. The van der Waals surface area contributed by atoms with Crippen molar-refractivity contribution in [2.24, 2.45) is 11.3 Å². The monoisotopic (exact) mass is 240 g/mol. The number of rotatable bonds is 6. The standard InChI is InChI=1S/C14H28N2O/c1-11(12-6-7-12)16(5)10-13(17)15-9-8-14(2,3)4/h11-12H,6-10H2,1-5H3,(H,15,17). The van der Waals surface area contributed by atoms with Crippen LogP contribution >= 0.6 is 0 Å². The first kappa shape index (κ1) is 14.5. The average Bonchev–Trinajstić information content (AvgIpc) is 2.97. The van der Waals surface area contributed by atoms with E-state index < -0.39 is 0 Å². The Bertz CT molecular complexity index is 253. The molecule has 0 spiro atoms. The van der Waals surface area contributed by atoms with Crippen LogP contribution in [-0.4, -0.2) is 37.0 Å². The highest BCUT2D eigenvalue weighted by Crippen LogP contribution is 2.34. The van der Waals surface area contributed by atoms with E-state index in [0.29, 0.717) is 18.0 Å². The van der Waals surface area contributed by atoms with Gasteiger partial charge in [-0.1, -0.05) is 20.8 Å². The zero-order valence-electron chi connectivity index (χ0n) is 12.0. The second-order valence-corrected chi connectivity index (χ2v) is 6.65. The highest BCUT2D eigenvalue weighted by molar-refractivity contribution is 5.77. The number of likely N-dealkylation sites (N-methyl/N-ethyl adjacent to an activating group) is 1. The van der Waals surface area contributed by atoms with E-state index in [1.807, 2.05) is 7.05 Å². The molecule has 0 saturated heterocycles. The van der Waals surface area contributed by atoms with Gasteiger partial charge >= 0.3 is 0 Å². The Labute approximate surface area is 106 Å². The van der Waals surface area contributed by atoms with Crippen molar-refractivity contribution >= 4 is 5.91 Å². The quantitative estimate of drug-likeness (QED) is 0.772. The number of nitrogens with zero attached hydrogens (tertiary/aromatic N) is 1. The van der Waals surface area contributed by atoms with E-state index >= 15 is 0 Å². The second-order valence-electron chi connectivity index (χ2n) is 6.65. The van der Waals surface area contributed by atoms with E-state index in [0.717, 1.165) is 18.9 Å². The number of nitrogens with one attached hydrogen (secondary N) is 1. The fourth-order valence-electron chi connectivity index (χ4n) is 1.94. The van der Waals surface area contributed by atoms with Crippen LogP contribution in [0.1, 0.15) is 47.0 Å². The Kier molecular flexibility index (Phi) is 4.99. The Balaban J connectivity index is 2.15. The predicted molar refractivity (Wildman–Crippen MR) is 71.9 cm³/mol. The first-order valence-electron chi connectivity index (χ1n) is 6.76. The van der Waals surface area contributed by atoms with Crippen LogP contribution < -0.4 is 5.32 Å². The lowest BCUT2D eigenvalue weighted by Crippen LogP contribution is -2.41. The molecule has 1 amide bonds. The van der Waals surface area contributed by atoms with Crippen LogP contribution in [0.4, 0.5) is 0 Å². The third kappa shape index (κ3) is 6.06. The molecule has 0 aromatic heterocycles. The molecular formula is C14H28N2O. The van der Waals surface area contributed by atoms with E-state index in [1.54, 1.807) is 0 Å². The maximum atomic E-state index is 11.7. The molecule has 1 N–H and O–H groups in total. The molecule has 100 valence electrons. The third-order valence-corrected chi connectivity index (χ3v) is 3.59. The summed E-state index contributed by atoms with van der Waals surface area (Å²) in [7, 11) is 2.05. The topological polar surface area (TPSA) is 32.3 Å². The van der Waals surface area contributed by atoms with Gasteiger partial charge in [0.15, 0.2) is 0 Å². The van der Waals surface area contributed by atoms with E-state index in [1.165, 1.54) is 12.8 Å². The van der Waals surface area contributed by atoms with Crippen molar-refractivity contribution in [2.75, 3.05) is 20.1 Å². The SMILES string of the molecule is CC(C1CC1)N(C)CC(=O)NCCC(C)(C)C. The van der Waals surface area contributed by atoms with Gasteiger partial charge in [-0.3, -0.25) is 9.69 Å². The second kappa shape index (κ2) is 5.85. The molecule has 1 fully saturated rings. The van der Waals surface area contributed by atoms with Crippen LogP contribution in [0.5, 0.6) is 0 Å². The summed E-state index contributed by atoms with van der Waals surface area (Å²) in [4.78, 5) is 13.9. The summed E-state index contributed by atoms with van der Waals surface area (Å²) >= 11 is 0. The first-order chi connectivity index (χ1) is 7.79. The summed E-state index contributed by atoms with van der Waals surface area (Å²) in [6, 6.07) is 0.545.